The van der Waals surface area contributed by atoms with Crippen molar-refractivity contribution in [3.8, 4) is 73.2 Å². The molecule has 13 rings (SSSR count). The average Bonchev–Trinajstić information content (AvgIpc) is 1.75. The third-order valence-electron chi connectivity index (χ3n) is 15.9. The summed E-state index contributed by atoms with van der Waals surface area (Å²) in [5.74, 6) is 0.874. The Bertz CT molecular complexity index is 4520. The Kier molecular flexibility index (Phi) is 14.2. The molecule has 0 amide bonds. The van der Waals surface area contributed by atoms with Crippen LogP contribution < -0.4 is 20.7 Å². The van der Waals surface area contributed by atoms with E-state index >= 15 is 0 Å². The second kappa shape index (κ2) is 22.0. The van der Waals surface area contributed by atoms with E-state index in [1.165, 1.54) is 6.07 Å². The Morgan fingerprint density at radius 1 is 0.299 bits per heavy atom. The summed E-state index contributed by atoms with van der Waals surface area (Å²) < 4.78 is 132. The van der Waals surface area contributed by atoms with E-state index in [4.69, 9.17) is 15.0 Å². The quantitative estimate of drug-likeness (QED) is 0.0736. The molecule has 2 aromatic heterocycles. The predicted molar refractivity (Wildman–Crippen MR) is 330 cm³/mol. The highest BCUT2D eigenvalue weighted by Crippen LogP contribution is 2.44. The van der Waals surface area contributed by atoms with E-state index in [0.29, 0.717) is 79.1 Å². The summed E-state index contributed by atoms with van der Waals surface area (Å²) in [5, 5.41) is 5.69. The number of fused-ring (bicyclic) bond motifs is 3. The minimum absolute atomic E-state index is 0.0349. The number of nitrogens with zero attached hydrogens (tertiary/aromatic N) is 4. The molecule has 0 aliphatic carbocycles. The Labute approximate surface area is 495 Å². The molecule has 13 aromatic rings. The maximum Gasteiger partial charge on any atom is 0.416 e. The summed E-state index contributed by atoms with van der Waals surface area (Å²) in [6.07, 6.45) is -14.9. The predicted octanol–water partition coefficient (Wildman–Crippen LogP) is 17.7. The van der Waals surface area contributed by atoms with Gasteiger partial charge in [-0.15, -0.1) is 0 Å². The van der Waals surface area contributed by atoms with Crippen molar-refractivity contribution < 1.29 is 39.5 Å². The molecule has 0 atom stereocenters. The molecule has 426 valence electrons. The zero-order valence-corrected chi connectivity index (χ0v) is 47.1. The van der Waals surface area contributed by atoms with Gasteiger partial charge in [0.2, 0.25) is 0 Å². The molecule has 0 bridgehead atoms. The van der Waals surface area contributed by atoms with Crippen LogP contribution in [0.4, 0.5) is 39.5 Å². The van der Waals surface area contributed by atoms with Crippen molar-refractivity contribution in [1.82, 2.24) is 19.5 Å². The summed E-state index contributed by atoms with van der Waals surface area (Å²) in [6.45, 7) is 1.58. The van der Waals surface area contributed by atoms with Crippen molar-refractivity contribution >= 4 is 50.6 Å². The summed E-state index contributed by atoms with van der Waals surface area (Å²) in [5.41, 5.74) is 1.51. The lowest BCUT2D eigenvalue weighted by Crippen LogP contribution is -2.74. The van der Waals surface area contributed by atoms with Crippen molar-refractivity contribution in [3.05, 3.63) is 289 Å². The fraction of sp³-hybridized carbons (Fsp3) is 0.0548. The molecule has 0 radical (unpaired) electrons. The SMILES string of the molecule is Cc1cc(-c2ccc3c4ccc(-c5cc(C(F)(F)F)cc(C(F)(F)F)c5)cc4n(-c4ccc(-c5cccc([Si](c6ccccc6)(c6ccccc6)c6ccccc6)c5)cc4-c4nc(-c5ccccc5)nc(-c5ccccc5)n4)c3c2)cc(C(F)(F)F)c1. The van der Waals surface area contributed by atoms with Crippen LogP contribution in [0.3, 0.4) is 0 Å². The van der Waals surface area contributed by atoms with Gasteiger partial charge in [-0.3, -0.25) is 0 Å². The van der Waals surface area contributed by atoms with Gasteiger partial charge < -0.3 is 4.57 Å². The third kappa shape index (κ3) is 10.7. The lowest BCUT2D eigenvalue weighted by atomic mass is 9.97. The van der Waals surface area contributed by atoms with Crippen LogP contribution in [0.1, 0.15) is 22.3 Å². The van der Waals surface area contributed by atoms with E-state index in [9.17, 15) is 39.5 Å². The van der Waals surface area contributed by atoms with Gasteiger partial charge in [0.05, 0.1) is 33.4 Å². The lowest BCUT2D eigenvalue weighted by molar-refractivity contribution is -0.143. The Balaban J connectivity index is 1.12. The van der Waals surface area contributed by atoms with E-state index in [0.717, 1.165) is 44.0 Å². The van der Waals surface area contributed by atoms with Crippen LogP contribution in [0.15, 0.2) is 267 Å². The fourth-order valence-corrected chi connectivity index (χ4v) is 16.7. The molecule has 0 unspecified atom stereocenters. The second-order valence-electron chi connectivity index (χ2n) is 21.4. The highest BCUT2D eigenvalue weighted by molar-refractivity contribution is 7.19. The van der Waals surface area contributed by atoms with Crippen LogP contribution in [-0.4, -0.2) is 27.6 Å². The standard InChI is InChI=1S/C73H47F9N4Si/c1-46-36-53(38-55(37-46)71(74,75)76)51-30-33-62-63-34-31-52(54-39-56(72(77,78)79)45-57(40-54)73(80,81)82)44-67(63)86(66(62)43-51)65-35-32-50(42-64(65)70-84-68(47-18-7-2-8-19-47)83-69(85-70)48-20-9-3-10-21-48)49-22-17-29-61(41-49)87(58-23-11-4-12-24-58,59-25-13-5-14-26-59)60-27-15-6-16-28-60/h2-45H,1H3. The largest absolute Gasteiger partial charge is 0.416 e. The number of alkyl halides is 9. The van der Waals surface area contributed by atoms with Gasteiger partial charge in [0.25, 0.3) is 0 Å². The van der Waals surface area contributed by atoms with E-state index < -0.39 is 43.3 Å². The molecular weight excluding hydrogens is 1130 g/mol. The van der Waals surface area contributed by atoms with Gasteiger partial charge in [-0.2, -0.15) is 39.5 Å². The van der Waals surface area contributed by atoms with Gasteiger partial charge in [0.1, 0.15) is 0 Å². The van der Waals surface area contributed by atoms with Crippen molar-refractivity contribution in [3.63, 3.8) is 0 Å². The molecule has 0 saturated heterocycles. The molecule has 0 N–H and O–H groups in total. The monoisotopic (exact) mass is 1180 g/mol. The van der Waals surface area contributed by atoms with Gasteiger partial charge in [-0.05, 0) is 121 Å². The van der Waals surface area contributed by atoms with Gasteiger partial charge in [-0.1, -0.05) is 212 Å². The number of benzene rings is 11. The lowest BCUT2D eigenvalue weighted by Gasteiger charge is -2.34. The highest BCUT2D eigenvalue weighted by atomic mass is 28.3. The number of hydrogen-bond donors (Lipinski definition) is 0. The summed E-state index contributed by atoms with van der Waals surface area (Å²) in [6, 6.07) is 79.5. The van der Waals surface area contributed by atoms with Crippen LogP contribution in [0.25, 0.3) is 95.0 Å². The molecule has 0 aliphatic rings. The molecule has 2 heterocycles. The van der Waals surface area contributed by atoms with E-state index in [1.807, 2.05) is 114 Å². The summed E-state index contributed by atoms with van der Waals surface area (Å²) in [7, 11) is -3.08. The Morgan fingerprint density at radius 3 is 1.13 bits per heavy atom. The van der Waals surface area contributed by atoms with Gasteiger partial charge in [0, 0.05) is 27.5 Å². The van der Waals surface area contributed by atoms with Gasteiger partial charge >= 0.3 is 18.5 Å². The van der Waals surface area contributed by atoms with Crippen molar-refractivity contribution in [2.24, 2.45) is 0 Å². The smallest absolute Gasteiger partial charge is 0.308 e. The summed E-state index contributed by atoms with van der Waals surface area (Å²) >= 11 is 0. The van der Waals surface area contributed by atoms with E-state index in [2.05, 4.69) is 84.9 Å². The molecule has 0 saturated carbocycles. The van der Waals surface area contributed by atoms with Crippen LogP contribution >= 0.6 is 0 Å². The molecular formula is C73H47F9N4Si. The maximum atomic E-state index is 14.5. The Hall–Kier alpha value is -10.2. The van der Waals surface area contributed by atoms with Crippen LogP contribution in [-0.2, 0) is 18.5 Å². The normalized spacial score (nSPS) is 12.3. The van der Waals surface area contributed by atoms with Crippen LogP contribution in [0, 0.1) is 6.92 Å². The molecule has 14 heteroatoms. The van der Waals surface area contributed by atoms with E-state index in [-0.39, 0.29) is 28.6 Å². The zero-order valence-electron chi connectivity index (χ0n) is 46.1. The van der Waals surface area contributed by atoms with Gasteiger partial charge in [0.15, 0.2) is 25.5 Å². The molecule has 0 fully saturated rings. The Morgan fingerprint density at radius 2 is 0.667 bits per heavy atom. The summed E-state index contributed by atoms with van der Waals surface area (Å²) in [4.78, 5) is 15.5. The molecule has 0 aliphatic heterocycles. The first-order valence-corrected chi connectivity index (χ1v) is 29.8. The molecule has 87 heavy (non-hydrogen) atoms. The molecule has 11 aromatic carbocycles. The molecule has 0 spiro atoms. The first kappa shape index (κ1) is 56.0. The second-order valence-corrected chi connectivity index (χ2v) is 25.2. The van der Waals surface area contributed by atoms with E-state index in [1.54, 1.807) is 43.3 Å². The third-order valence-corrected chi connectivity index (χ3v) is 20.6. The average molecular weight is 1180 g/mol. The zero-order chi connectivity index (χ0) is 60.2. The number of aromatic nitrogens is 4. The number of aryl methyl sites for hydroxylation is 1. The first-order chi connectivity index (χ1) is 41.9. The van der Waals surface area contributed by atoms with Crippen molar-refractivity contribution in [1.29, 1.82) is 0 Å². The first-order valence-electron chi connectivity index (χ1n) is 27.8. The minimum Gasteiger partial charge on any atom is -0.308 e. The van der Waals surface area contributed by atoms with Crippen molar-refractivity contribution in [2.45, 2.75) is 25.5 Å². The van der Waals surface area contributed by atoms with Crippen LogP contribution in [0.5, 0.6) is 0 Å². The van der Waals surface area contributed by atoms with Crippen LogP contribution in [0.2, 0.25) is 0 Å². The number of halogens is 9. The van der Waals surface area contributed by atoms with Gasteiger partial charge in [-0.25, -0.2) is 15.0 Å². The van der Waals surface area contributed by atoms with Crippen molar-refractivity contribution in [2.75, 3.05) is 0 Å². The number of hydrogen-bond acceptors (Lipinski definition) is 3. The molecule has 4 nitrogen and oxygen atoms in total. The maximum absolute atomic E-state index is 14.5. The number of rotatable bonds is 11. The minimum atomic E-state index is -5.13. The fourth-order valence-electron chi connectivity index (χ4n) is 11.9. The highest BCUT2D eigenvalue weighted by Gasteiger charge is 2.42. The topological polar surface area (TPSA) is 43.6 Å².